The van der Waals surface area contributed by atoms with Gasteiger partial charge in [-0.15, -0.1) is 0 Å². The van der Waals surface area contributed by atoms with Crippen molar-refractivity contribution in [3.63, 3.8) is 0 Å². The summed E-state index contributed by atoms with van der Waals surface area (Å²) in [4.78, 5) is 24.6. The molecule has 3 rings (SSSR count). The van der Waals surface area contributed by atoms with Crippen LogP contribution in [0.25, 0.3) is 10.8 Å². The van der Waals surface area contributed by atoms with Gasteiger partial charge >= 0.3 is 16.1 Å². The quantitative estimate of drug-likeness (QED) is 0.194. The molecule has 0 heterocycles. The second-order valence-corrected chi connectivity index (χ2v) is 7.42. The van der Waals surface area contributed by atoms with Crippen LogP contribution < -0.4 is 0 Å². The SMILES string of the molecule is CCOC(=O)/C(=N\OS(=O)(=O)c1ccc2ccccc2c1)C(=O)c1ccccc1. The van der Waals surface area contributed by atoms with Crippen molar-refractivity contribution in [1.82, 2.24) is 0 Å². The van der Waals surface area contributed by atoms with Crippen molar-refractivity contribution in [3.8, 4) is 0 Å². The van der Waals surface area contributed by atoms with Gasteiger partial charge in [0.05, 0.1) is 6.61 Å². The number of benzene rings is 3. The number of rotatable bonds is 7. The highest BCUT2D eigenvalue weighted by molar-refractivity contribution is 7.86. The highest BCUT2D eigenvalue weighted by Gasteiger charge is 2.26. The van der Waals surface area contributed by atoms with Crippen LogP contribution in [0, 0.1) is 0 Å². The zero-order chi connectivity index (χ0) is 20.9. The van der Waals surface area contributed by atoms with Crippen LogP contribution in [0.3, 0.4) is 0 Å². The number of hydrogen-bond donors (Lipinski definition) is 0. The molecule has 3 aromatic carbocycles. The van der Waals surface area contributed by atoms with Gasteiger partial charge < -0.3 is 4.74 Å². The average Bonchev–Trinajstić information content (AvgIpc) is 2.74. The van der Waals surface area contributed by atoms with Crippen molar-refractivity contribution >= 4 is 38.4 Å². The summed E-state index contributed by atoms with van der Waals surface area (Å²) in [7, 11) is -4.36. The maximum Gasteiger partial charge on any atom is 0.364 e. The number of esters is 1. The van der Waals surface area contributed by atoms with E-state index in [9.17, 15) is 18.0 Å². The summed E-state index contributed by atoms with van der Waals surface area (Å²) < 4.78 is 34.5. The second kappa shape index (κ2) is 8.66. The molecule has 29 heavy (non-hydrogen) atoms. The summed E-state index contributed by atoms with van der Waals surface area (Å²) in [6.45, 7) is 1.53. The molecule has 0 saturated carbocycles. The third kappa shape index (κ3) is 4.67. The van der Waals surface area contributed by atoms with E-state index in [1.807, 2.05) is 12.1 Å². The summed E-state index contributed by atoms with van der Waals surface area (Å²) >= 11 is 0. The Hall–Kier alpha value is -3.52. The van der Waals surface area contributed by atoms with E-state index >= 15 is 0 Å². The van der Waals surface area contributed by atoms with E-state index in [0.29, 0.717) is 5.39 Å². The van der Waals surface area contributed by atoms with E-state index in [4.69, 9.17) is 4.74 Å². The zero-order valence-corrected chi connectivity index (χ0v) is 16.3. The van der Waals surface area contributed by atoms with Crippen molar-refractivity contribution in [2.45, 2.75) is 11.8 Å². The normalized spacial score (nSPS) is 11.8. The second-order valence-electron chi connectivity index (χ2n) is 5.89. The summed E-state index contributed by atoms with van der Waals surface area (Å²) in [6, 6.07) is 19.4. The molecular formula is C21H17NO6S. The number of nitrogens with zero attached hydrogens (tertiary/aromatic N) is 1. The largest absolute Gasteiger partial charge is 0.461 e. The van der Waals surface area contributed by atoms with Crippen LogP contribution >= 0.6 is 0 Å². The zero-order valence-electron chi connectivity index (χ0n) is 15.4. The van der Waals surface area contributed by atoms with Crippen molar-refractivity contribution in [3.05, 3.63) is 78.4 Å². The lowest BCUT2D eigenvalue weighted by atomic mass is 10.1. The minimum absolute atomic E-state index is 0.0165. The first kappa shape index (κ1) is 20.2. The van der Waals surface area contributed by atoms with Gasteiger partial charge in [-0.05, 0) is 29.8 Å². The number of Topliss-reactive ketones (excluding diaryl/α,β-unsaturated/α-hetero) is 1. The molecule has 0 fully saturated rings. The molecule has 0 aliphatic rings. The minimum atomic E-state index is -4.36. The van der Waals surface area contributed by atoms with Gasteiger partial charge in [0, 0.05) is 5.56 Å². The van der Waals surface area contributed by atoms with Gasteiger partial charge in [-0.1, -0.05) is 65.8 Å². The van der Waals surface area contributed by atoms with Gasteiger partial charge in [-0.2, -0.15) is 8.42 Å². The molecule has 0 unspecified atom stereocenters. The van der Waals surface area contributed by atoms with E-state index in [-0.39, 0.29) is 17.1 Å². The van der Waals surface area contributed by atoms with E-state index in [1.165, 1.54) is 24.3 Å². The van der Waals surface area contributed by atoms with Crippen LogP contribution in [0.15, 0.2) is 82.8 Å². The molecule has 8 heteroatoms. The van der Waals surface area contributed by atoms with E-state index in [1.54, 1.807) is 43.3 Å². The Labute approximate surface area is 167 Å². The van der Waals surface area contributed by atoms with Crippen LogP contribution in [0.2, 0.25) is 0 Å². The topological polar surface area (TPSA) is 99.1 Å². The Morgan fingerprint density at radius 1 is 0.897 bits per heavy atom. The van der Waals surface area contributed by atoms with E-state index < -0.39 is 27.6 Å². The van der Waals surface area contributed by atoms with Gasteiger partial charge in [0.15, 0.2) is 0 Å². The maximum atomic E-state index is 12.6. The molecule has 0 amide bonds. The number of hydrogen-bond acceptors (Lipinski definition) is 7. The van der Waals surface area contributed by atoms with E-state index in [0.717, 1.165) is 5.39 Å². The lowest BCUT2D eigenvalue weighted by Crippen LogP contribution is -2.27. The number of oxime groups is 1. The van der Waals surface area contributed by atoms with Crippen molar-refractivity contribution in [1.29, 1.82) is 0 Å². The Bertz CT molecular complexity index is 1190. The fourth-order valence-electron chi connectivity index (χ4n) is 2.55. The molecule has 0 N–H and O–H groups in total. The molecule has 0 spiro atoms. The fourth-order valence-corrected chi connectivity index (χ4v) is 3.31. The molecule has 3 aromatic rings. The molecular weight excluding hydrogens is 394 g/mol. The average molecular weight is 411 g/mol. The van der Waals surface area contributed by atoms with Crippen LogP contribution in [0.5, 0.6) is 0 Å². The van der Waals surface area contributed by atoms with Crippen LogP contribution in [-0.4, -0.2) is 32.5 Å². The summed E-state index contributed by atoms with van der Waals surface area (Å²) in [5.41, 5.74) is -0.617. The highest BCUT2D eigenvalue weighted by atomic mass is 32.2. The Balaban J connectivity index is 1.94. The molecule has 0 atom stereocenters. The van der Waals surface area contributed by atoms with Crippen LogP contribution in [0.1, 0.15) is 17.3 Å². The lowest BCUT2D eigenvalue weighted by molar-refractivity contribution is -0.135. The molecule has 0 aliphatic carbocycles. The number of carbonyl (C=O) groups excluding carboxylic acids is 2. The molecule has 0 saturated heterocycles. The predicted octanol–water partition coefficient (Wildman–Crippen LogP) is 3.35. The van der Waals surface area contributed by atoms with Gasteiger partial charge in [-0.25, -0.2) is 4.79 Å². The summed E-state index contributed by atoms with van der Waals surface area (Å²) in [5, 5.41) is 4.89. The van der Waals surface area contributed by atoms with Crippen molar-refractivity contribution in [2.75, 3.05) is 6.61 Å². The number of fused-ring (bicyclic) bond motifs is 1. The fraction of sp³-hybridized carbons (Fsp3) is 0.0952. The molecule has 0 aliphatic heterocycles. The summed E-state index contributed by atoms with van der Waals surface area (Å²) in [5.74, 6) is -1.88. The van der Waals surface area contributed by atoms with E-state index in [2.05, 4.69) is 9.44 Å². The monoisotopic (exact) mass is 411 g/mol. The van der Waals surface area contributed by atoms with Gasteiger partial charge in [-0.3, -0.25) is 9.08 Å². The Morgan fingerprint density at radius 2 is 1.55 bits per heavy atom. The van der Waals surface area contributed by atoms with Crippen molar-refractivity contribution < 1.29 is 27.0 Å². The third-order valence-corrected chi connectivity index (χ3v) is 5.06. The summed E-state index contributed by atoms with van der Waals surface area (Å²) in [6.07, 6.45) is 0. The van der Waals surface area contributed by atoms with Gasteiger partial charge in [0.2, 0.25) is 11.5 Å². The number of carbonyl (C=O) groups is 2. The van der Waals surface area contributed by atoms with Crippen LogP contribution in [0.4, 0.5) is 0 Å². The predicted molar refractivity (Wildman–Crippen MR) is 107 cm³/mol. The van der Waals surface area contributed by atoms with Crippen molar-refractivity contribution in [2.24, 2.45) is 5.16 Å². The van der Waals surface area contributed by atoms with Gasteiger partial charge in [0.1, 0.15) is 4.90 Å². The molecule has 148 valence electrons. The smallest absolute Gasteiger partial charge is 0.364 e. The highest BCUT2D eigenvalue weighted by Crippen LogP contribution is 2.20. The molecule has 0 aromatic heterocycles. The first-order valence-corrected chi connectivity index (χ1v) is 10.1. The Morgan fingerprint density at radius 3 is 2.24 bits per heavy atom. The third-order valence-electron chi connectivity index (χ3n) is 3.96. The van der Waals surface area contributed by atoms with Gasteiger partial charge in [0.25, 0.3) is 0 Å². The lowest BCUT2D eigenvalue weighted by Gasteiger charge is -2.07. The minimum Gasteiger partial charge on any atom is -0.461 e. The van der Waals surface area contributed by atoms with Crippen LogP contribution in [-0.2, 0) is 23.9 Å². The molecule has 0 radical (unpaired) electrons. The number of ether oxygens (including phenoxy) is 1. The molecule has 7 nitrogen and oxygen atoms in total. The number of ketones is 1. The molecule has 0 bridgehead atoms. The Kier molecular flexibility index (Phi) is 6.04. The first-order chi connectivity index (χ1) is 13.9. The standard InChI is InChI=1S/C21H17NO6S/c1-2-27-21(24)19(20(23)16-9-4-3-5-10-16)22-28-29(25,26)18-13-12-15-8-6-7-11-17(15)14-18/h3-14H,2H2,1H3/b22-19-. The maximum absolute atomic E-state index is 12.6. The first-order valence-electron chi connectivity index (χ1n) is 8.69.